The highest BCUT2D eigenvalue weighted by Crippen LogP contribution is 2.25. The Bertz CT molecular complexity index is 600. The number of amides is 1. The highest BCUT2D eigenvalue weighted by Gasteiger charge is 2.24. The van der Waals surface area contributed by atoms with Gasteiger partial charge in [0, 0.05) is 7.05 Å². The van der Waals surface area contributed by atoms with Gasteiger partial charge in [0.25, 0.3) is 5.91 Å². The number of nitrogens with zero attached hydrogens (tertiary/aromatic N) is 3. The van der Waals surface area contributed by atoms with Crippen molar-refractivity contribution in [3.05, 3.63) is 47.5 Å². The monoisotopic (exact) mass is 227 g/mol. The van der Waals surface area contributed by atoms with E-state index < -0.39 is 0 Å². The lowest BCUT2D eigenvalue weighted by Crippen LogP contribution is -2.25. The number of rotatable bonds is 0. The van der Waals surface area contributed by atoms with Gasteiger partial charge in [0.15, 0.2) is 0 Å². The molecule has 0 spiro atoms. The smallest absolute Gasteiger partial charge is 0.256 e. The highest BCUT2D eigenvalue weighted by atomic mass is 16.2. The Morgan fingerprint density at radius 1 is 1.35 bits per heavy atom. The molecular formula is C13H13N3O. The molecule has 0 atom stereocenters. The molecule has 3 rings (SSSR count). The predicted molar refractivity (Wildman–Crippen MR) is 64.1 cm³/mol. The van der Waals surface area contributed by atoms with Crippen LogP contribution in [0.4, 0.5) is 0 Å². The second-order valence-electron chi connectivity index (χ2n) is 4.39. The minimum absolute atomic E-state index is 0.0711. The minimum atomic E-state index is 0.0711. The first-order valence-electron chi connectivity index (χ1n) is 5.55. The zero-order valence-corrected chi connectivity index (χ0v) is 9.84. The summed E-state index contributed by atoms with van der Waals surface area (Å²) in [5.41, 5.74) is 3.73. The molecule has 2 heterocycles. The van der Waals surface area contributed by atoms with Crippen LogP contribution < -0.4 is 0 Å². The number of aryl methyl sites for hydroxylation is 1. The largest absolute Gasteiger partial charge is 0.336 e. The summed E-state index contributed by atoms with van der Waals surface area (Å²) in [6.07, 6.45) is 3.57. The van der Waals surface area contributed by atoms with Crippen molar-refractivity contribution in [3.63, 3.8) is 0 Å². The van der Waals surface area contributed by atoms with E-state index in [-0.39, 0.29) is 5.91 Å². The third kappa shape index (κ3) is 1.37. The van der Waals surface area contributed by atoms with E-state index in [2.05, 4.69) is 4.98 Å². The van der Waals surface area contributed by atoms with E-state index in [0.29, 0.717) is 6.54 Å². The fraction of sp³-hybridized carbons (Fsp3) is 0.231. The fourth-order valence-electron chi connectivity index (χ4n) is 2.29. The molecule has 1 amide bonds. The van der Waals surface area contributed by atoms with Gasteiger partial charge in [-0.25, -0.2) is 4.98 Å². The van der Waals surface area contributed by atoms with E-state index in [0.717, 1.165) is 22.5 Å². The van der Waals surface area contributed by atoms with Crippen LogP contribution in [0.1, 0.15) is 21.6 Å². The number of benzene rings is 1. The van der Waals surface area contributed by atoms with Gasteiger partial charge in [0.2, 0.25) is 0 Å². The Morgan fingerprint density at radius 2 is 2.18 bits per heavy atom. The van der Waals surface area contributed by atoms with Crippen LogP contribution in [-0.4, -0.2) is 27.4 Å². The first-order chi connectivity index (χ1) is 8.18. The first-order valence-corrected chi connectivity index (χ1v) is 5.55. The van der Waals surface area contributed by atoms with Gasteiger partial charge in [-0.2, -0.15) is 0 Å². The van der Waals surface area contributed by atoms with E-state index in [4.69, 9.17) is 0 Å². The second-order valence-corrected chi connectivity index (χ2v) is 4.39. The zero-order chi connectivity index (χ0) is 12.0. The van der Waals surface area contributed by atoms with Crippen LogP contribution in [0.3, 0.4) is 0 Å². The SMILES string of the molecule is Cc1cccc2c1C(=O)N(C)Cc1cncn1-2. The molecule has 4 nitrogen and oxygen atoms in total. The Morgan fingerprint density at radius 3 is 3.00 bits per heavy atom. The lowest BCUT2D eigenvalue weighted by atomic mass is 10.1. The van der Waals surface area contributed by atoms with Gasteiger partial charge in [0.1, 0.15) is 0 Å². The maximum absolute atomic E-state index is 12.3. The quantitative estimate of drug-likeness (QED) is 0.688. The van der Waals surface area contributed by atoms with Crippen molar-refractivity contribution in [2.24, 2.45) is 0 Å². The average molecular weight is 227 g/mol. The third-order valence-corrected chi connectivity index (χ3v) is 3.19. The van der Waals surface area contributed by atoms with Gasteiger partial charge in [-0.3, -0.25) is 4.79 Å². The summed E-state index contributed by atoms with van der Waals surface area (Å²) in [5, 5.41) is 0. The fourth-order valence-corrected chi connectivity index (χ4v) is 2.29. The average Bonchev–Trinajstić information content (AvgIpc) is 2.72. The Labute approximate surface area is 99.5 Å². The third-order valence-electron chi connectivity index (χ3n) is 3.19. The van der Waals surface area contributed by atoms with E-state index >= 15 is 0 Å². The molecule has 2 aromatic rings. The molecule has 1 aliphatic heterocycles. The Kier molecular flexibility index (Phi) is 2.04. The summed E-state index contributed by atoms with van der Waals surface area (Å²) in [4.78, 5) is 18.2. The van der Waals surface area contributed by atoms with E-state index in [9.17, 15) is 4.79 Å². The highest BCUT2D eigenvalue weighted by molar-refractivity contribution is 5.99. The minimum Gasteiger partial charge on any atom is -0.336 e. The predicted octanol–water partition coefficient (Wildman–Crippen LogP) is 1.77. The number of fused-ring (bicyclic) bond motifs is 3. The van der Waals surface area contributed by atoms with Crippen LogP contribution >= 0.6 is 0 Å². The van der Waals surface area contributed by atoms with Gasteiger partial charge in [0.05, 0.1) is 36.0 Å². The Hall–Kier alpha value is -2.10. The molecule has 0 saturated heterocycles. The lowest BCUT2D eigenvalue weighted by Gasteiger charge is -2.15. The number of imidazole rings is 1. The van der Waals surface area contributed by atoms with Crippen LogP contribution in [0.2, 0.25) is 0 Å². The van der Waals surface area contributed by atoms with Gasteiger partial charge < -0.3 is 9.47 Å². The summed E-state index contributed by atoms with van der Waals surface area (Å²) in [7, 11) is 1.82. The zero-order valence-electron chi connectivity index (χ0n) is 9.84. The molecule has 0 bridgehead atoms. The maximum atomic E-state index is 12.3. The molecule has 0 fully saturated rings. The summed E-state index contributed by atoms with van der Waals surface area (Å²) < 4.78 is 1.99. The number of carbonyl (C=O) groups excluding carboxylic acids is 1. The molecule has 86 valence electrons. The molecule has 0 unspecified atom stereocenters. The normalized spacial score (nSPS) is 14.2. The molecule has 0 N–H and O–H groups in total. The number of hydrogen-bond acceptors (Lipinski definition) is 2. The van der Waals surface area contributed by atoms with E-state index in [1.54, 1.807) is 17.4 Å². The second kappa shape index (κ2) is 3.45. The van der Waals surface area contributed by atoms with Crippen LogP contribution in [-0.2, 0) is 6.54 Å². The molecule has 1 aromatic heterocycles. The van der Waals surface area contributed by atoms with Crippen molar-refractivity contribution in [1.29, 1.82) is 0 Å². The van der Waals surface area contributed by atoms with Crippen molar-refractivity contribution in [2.45, 2.75) is 13.5 Å². The topological polar surface area (TPSA) is 38.1 Å². The van der Waals surface area contributed by atoms with Crippen LogP contribution in [0.5, 0.6) is 0 Å². The van der Waals surface area contributed by atoms with Crippen molar-refractivity contribution < 1.29 is 4.79 Å². The maximum Gasteiger partial charge on any atom is 0.256 e. The number of hydrogen-bond donors (Lipinski definition) is 0. The molecule has 0 aliphatic carbocycles. The summed E-state index contributed by atoms with van der Waals surface area (Å²) in [6.45, 7) is 2.56. The van der Waals surface area contributed by atoms with Crippen molar-refractivity contribution in [3.8, 4) is 5.69 Å². The Balaban J connectivity index is 2.36. The summed E-state index contributed by atoms with van der Waals surface area (Å²) in [6, 6.07) is 5.90. The van der Waals surface area contributed by atoms with Crippen molar-refractivity contribution in [2.75, 3.05) is 7.05 Å². The van der Waals surface area contributed by atoms with Gasteiger partial charge in [-0.05, 0) is 18.6 Å². The van der Waals surface area contributed by atoms with Gasteiger partial charge >= 0.3 is 0 Å². The first kappa shape index (κ1) is 10.1. The van der Waals surface area contributed by atoms with Crippen LogP contribution in [0, 0.1) is 6.92 Å². The van der Waals surface area contributed by atoms with Crippen LogP contribution in [0.25, 0.3) is 5.69 Å². The van der Waals surface area contributed by atoms with Crippen LogP contribution in [0.15, 0.2) is 30.7 Å². The molecule has 0 saturated carbocycles. The van der Waals surface area contributed by atoms with Gasteiger partial charge in [-0.15, -0.1) is 0 Å². The molecule has 17 heavy (non-hydrogen) atoms. The molecular weight excluding hydrogens is 214 g/mol. The lowest BCUT2D eigenvalue weighted by molar-refractivity contribution is 0.0787. The molecule has 0 radical (unpaired) electrons. The van der Waals surface area contributed by atoms with E-state index in [1.807, 2.05) is 36.7 Å². The summed E-state index contributed by atoms with van der Waals surface area (Å²) >= 11 is 0. The molecule has 1 aliphatic rings. The standard InChI is InChI=1S/C13H13N3O/c1-9-4-3-5-11-12(9)13(17)15(2)7-10-6-14-8-16(10)11/h3-6,8H,7H2,1-2H3. The number of carbonyl (C=O) groups is 1. The summed E-state index contributed by atoms with van der Waals surface area (Å²) in [5.74, 6) is 0.0711. The van der Waals surface area contributed by atoms with Crippen molar-refractivity contribution in [1.82, 2.24) is 14.5 Å². The molecule has 4 heteroatoms. The van der Waals surface area contributed by atoms with Gasteiger partial charge in [-0.1, -0.05) is 12.1 Å². The van der Waals surface area contributed by atoms with Crippen molar-refractivity contribution >= 4 is 5.91 Å². The number of aromatic nitrogens is 2. The molecule has 1 aromatic carbocycles. The van der Waals surface area contributed by atoms with E-state index in [1.165, 1.54) is 0 Å².